The van der Waals surface area contributed by atoms with Crippen molar-refractivity contribution < 1.29 is 57.5 Å². The molecule has 12 amide bonds. The first-order chi connectivity index (χ1) is 49.8. The van der Waals surface area contributed by atoms with E-state index in [1.54, 1.807) is 0 Å². The molecule has 30 N–H and O–H groups in total. The highest BCUT2D eigenvalue weighted by atomic mass is 16.2. The van der Waals surface area contributed by atoms with Crippen LogP contribution in [0.3, 0.4) is 0 Å². The Balaban J connectivity index is 1.52. The van der Waals surface area contributed by atoms with Gasteiger partial charge in [0.1, 0.15) is 48.3 Å². The van der Waals surface area contributed by atoms with Crippen LogP contribution in [0.1, 0.15) is 149 Å². The number of unbranched alkanes of at least 4 members (excludes halogenated alkanes) is 3. The molecule has 4 aliphatic heterocycles. The van der Waals surface area contributed by atoms with E-state index in [2.05, 4.69) is 79.8 Å². The fourth-order valence-electron chi connectivity index (χ4n) is 13.0. The lowest BCUT2D eigenvalue weighted by Gasteiger charge is -2.26. The minimum atomic E-state index is -1.34. The smallest absolute Gasteiger partial charge is 0.243 e. The van der Waals surface area contributed by atoms with E-state index in [0.29, 0.717) is 97.4 Å². The zero-order valence-electron chi connectivity index (χ0n) is 60.7. The molecule has 4 heterocycles. The predicted octanol–water partition coefficient (Wildman–Crippen LogP) is -8.05. The van der Waals surface area contributed by atoms with Crippen LogP contribution in [-0.4, -0.2) is 275 Å². The molecule has 0 spiro atoms. The summed E-state index contributed by atoms with van der Waals surface area (Å²) in [6.07, 6.45) is 7.20. The Kier molecular flexibility index (Phi) is 40.7. The Hall–Kier alpha value is -8.79. The molecule has 0 radical (unpaired) electrons. The van der Waals surface area contributed by atoms with Gasteiger partial charge >= 0.3 is 0 Å². The molecule has 4 fully saturated rings. The highest BCUT2D eigenvalue weighted by Crippen LogP contribution is 2.20. The molecule has 0 unspecified atom stereocenters. The number of nitrogens with two attached hydrogens (primary N) is 6. The van der Waals surface area contributed by atoms with Crippen LogP contribution in [-0.2, 0) is 57.5 Å². The van der Waals surface area contributed by atoms with Crippen molar-refractivity contribution in [3.63, 3.8) is 0 Å². The molecule has 39 heteroatoms. The van der Waals surface area contributed by atoms with Gasteiger partial charge in [-0.15, -0.1) is 0 Å². The summed E-state index contributed by atoms with van der Waals surface area (Å²) in [7, 11) is 0. The SMILES string of the molecule is C[C@H]1NC(=O)[C@H](CCCCNC(=O)[C@H](CCCNC(=N)N)NC(=O)[C@@H]2CCCN2CCN)NC(=O)[C@@H](C)NC(=O)[C@H](CCCCNC(=O)[C@H](CCCNC(=N)N)NC(=O)[C@@H]2CCCN2CCN)NC(=O)CNC(=O)[C@H](CCCCNC(=O)[C@H](CCCNC(=N)N)NC(=O)[C@@H]2CCCN2CCN)NC1=O. The number of nitrogens with one attached hydrogen (secondary N) is 18. The maximum absolute atomic E-state index is 14.3. The quantitative estimate of drug-likeness (QED) is 0.0153. The van der Waals surface area contributed by atoms with Gasteiger partial charge in [0.15, 0.2) is 17.9 Å². The minimum absolute atomic E-state index is 0.0455. The molecule has 4 rings (SSSR count). The first-order valence-electron chi connectivity index (χ1n) is 36.9. The van der Waals surface area contributed by atoms with Crippen molar-refractivity contribution in [1.82, 2.24) is 94.5 Å². The summed E-state index contributed by atoms with van der Waals surface area (Å²) < 4.78 is 0. The third-order valence-electron chi connectivity index (χ3n) is 18.6. The number of likely N-dealkylation sites (tertiary alicyclic amines) is 3. The van der Waals surface area contributed by atoms with Gasteiger partial charge in [0, 0.05) is 78.5 Å². The molecule has 11 atom stereocenters. The van der Waals surface area contributed by atoms with E-state index < -0.39 is 126 Å². The topological polar surface area (TPSA) is 623 Å². The third kappa shape index (κ3) is 32.5. The van der Waals surface area contributed by atoms with E-state index in [1.165, 1.54) is 13.8 Å². The van der Waals surface area contributed by atoms with Crippen molar-refractivity contribution in [2.45, 2.75) is 215 Å². The van der Waals surface area contributed by atoms with E-state index >= 15 is 0 Å². The Bertz CT molecular complexity index is 2760. The second-order valence-corrected chi connectivity index (χ2v) is 26.9. The van der Waals surface area contributed by atoms with E-state index in [4.69, 9.17) is 50.6 Å². The predicted molar refractivity (Wildman–Crippen MR) is 389 cm³/mol. The van der Waals surface area contributed by atoms with E-state index in [0.717, 1.165) is 19.3 Å². The molecule has 0 aromatic carbocycles. The van der Waals surface area contributed by atoms with Crippen LogP contribution in [0.5, 0.6) is 0 Å². The zero-order chi connectivity index (χ0) is 76.5. The number of carbonyl (C=O) groups excluding carboxylic acids is 12. The fourth-order valence-corrected chi connectivity index (χ4v) is 13.0. The molecule has 588 valence electrons. The maximum atomic E-state index is 14.3. The summed E-state index contributed by atoms with van der Waals surface area (Å²) in [6.45, 7) is 7.75. The van der Waals surface area contributed by atoms with E-state index in [-0.39, 0.29) is 152 Å². The first kappa shape index (κ1) is 87.6. The summed E-state index contributed by atoms with van der Waals surface area (Å²) in [5.41, 5.74) is 33.8. The summed E-state index contributed by atoms with van der Waals surface area (Å²) in [6, 6.07) is -10.9. The number of hydrogen-bond donors (Lipinski definition) is 24. The van der Waals surface area contributed by atoms with Gasteiger partial charge in [-0.3, -0.25) is 88.5 Å². The van der Waals surface area contributed by atoms with Crippen LogP contribution in [0.4, 0.5) is 0 Å². The summed E-state index contributed by atoms with van der Waals surface area (Å²) in [5, 5.41) is 63.6. The second kappa shape index (κ2) is 48.3. The van der Waals surface area contributed by atoms with Crippen LogP contribution in [0.15, 0.2) is 0 Å². The minimum Gasteiger partial charge on any atom is -0.370 e. The Morgan fingerprint density at radius 3 is 1.02 bits per heavy atom. The van der Waals surface area contributed by atoms with Gasteiger partial charge < -0.3 is 114 Å². The van der Waals surface area contributed by atoms with Crippen LogP contribution < -0.4 is 114 Å². The van der Waals surface area contributed by atoms with E-state index in [9.17, 15) is 57.5 Å². The Morgan fingerprint density at radius 2 is 0.712 bits per heavy atom. The third-order valence-corrected chi connectivity index (χ3v) is 18.6. The molecule has 4 saturated heterocycles. The monoisotopic (exact) mass is 1470 g/mol. The van der Waals surface area contributed by atoms with Crippen LogP contribution >= 0.6 is 0 Å². The lowest BCUT2D eigenvalue weighted by atomic mass is 10.1. The molecular weight excluding hydrogens is 1350 g/mol. The first-order valence-corrected chi connectivity index (χ1v) is 36.9. The maximum Gasteiger partial charge on any atom is 0.243 e. The normalized spacial score (nSPS) is 22.6. The number of hydrogen-bond acceptors (Lipinski definition) is 21. The molecule has 0 aromatic heterocycles. The number of carbonyl (C=O) groups is 12. The summed E-state index contributed by atoms with van der Waals surface area (Å²) in [4.78, 5) is 172. The lowest BCUT2D eigenvalue weighted by Crippen LogP contribution is -2.59. The van der Waals surface area contributed by atoms with Crippen molar-refractivity contribution in [1.29, 1.82) is 16.2 Å². The van der Waals surface area contributed by atoms with E-state index in [1.807, 2.05) is 14.7 Å². The molecule has 0 bridgehead atoms. The molecule has 39 nitrogen and oxygen atoms in total. The van der Waals surface area contributed by atoms with Crippen molar-refractivity contribution >= 4 is 88.8 Å². The van der Waals surface area contributed by atoms with Crippen LogP contribution in [0, 0.1) is 16.2 Å². The second-order valence-electron chi connectivity index (χ2n) is 26.9. The van der Waals surface area contributed by atoms with Gasteiger partial charge in [-0.25, -0.2) is 0 Å². The molecule has 0 aromatic rings. The molecular formula is C65H121N27O12. The fraction of sp³-hybridized carbons (Fsp3) is 0.769. The van der Waals surface area contributed by atoms with Crippen molar-refractivity contribution in [2.24, 2.45) is 34.4 Å². The summed E-state index contributed by atoms with van der Waals surface area (Å²) in [5.74, 6) is -7.98. The van der Waals surface area contributed by atoms with Crippen LogP contribution in [0.25, 0.3) is 0 Å². The van der Waals surface area contributed by atoms with Gasteiger partial charge in [0.25, 0.3) is 0 Å². The number of nitrogens with zero attached hydrogens (tertiary/aromatic N) is 3. The molecule has 4 aliphatic rings. The molecule has 0 saturated carbocycles. The Labute approximate surface area is 609 Å². The van der Waals surface area contributed by atoms with Gasteiger partial charge in [-0.05, 0) is 168 Å². The zero-order valence-corrected chi connectivity index (χ0v) is 60.7. The van der Waals surface area contributed by atoms with Crippen molar-refractivity contribution in [2.75, 3.05) is 105 Å². The standard InChI is InChI=1S/C65H121N27O12/c1-40-52(94)85-42(15-3-6-27-75-54(96)43(18-9-30-78-63(69)70)87-60(102)48-21-12-33-90(48)36-24-66)57(99)81-39-51(93)84-46(16-4-7-28-76-55(97)44(19-10-31-79-64(71)72)88-61(103)49-22-13-34-91(49)37-25-67)58(100)82-41(2)53(95)86-47(59(101)83-40)17-5-8-29-77-56(98)45(20-11-32-80-65(73)74)89-62(104)50-23-14-35-92(50)38-26-68/h40-50H,3-39,66-68H2,1-2H3,(H,75,96)(H,76,97)(H,77,98)(H,81,99)(H,82,100)(H,83,101)(H,84,93)(H,85,94)(H,86,95)(H,87,102)(H,88,103)(H,89,104)(H4,69,70,78)(H4,71,72,79)(H4,73,74,80)/t40-,41-,42+,43+,44+,45+,46+,47+,48+,49+,50+/m1/s1. The average Bonchev–Trinajstić information content (AvgIpc) is 1.95. The van der Waals surface area contributed by atoms with Crippen molar-refractivity contribution in [3.05, 3.63) is 0 Å². The van der Waals surface area contributed by atoms with Gasteiger partial charge in [0.05, 0.1) is 24.7 Å². The van der Waals surface area contributed by atoms with Gasteiger partial charge in [-0.2, -0.15) is 0 Å². The number of amides is 12. The molecule has 104 heavy (non-hydrogen) atoms. The van der Waals surface area contributed by atoms with Gasteiger partial charge in [-0.1, -0.05) is 0 Å². The van der Waals surface area contributed by atoms with Crippen molar-refractivity contribution in [3.8, 4) is 0 Å². The highest BCUT2D eigenvalue weighted by Gasteiger charge is 2.37. The van der Waals surface area contributed by atoms with Crippen LogP contribution in [0.2, 0.25) is 0 Å². The lowest BCUT2D eigenvalue weighted by molar-refractivity contribution is -0.135. The number of rotatable bonds is 42. The Morgan fingerprint density at radius 1 is 0.413 bits per heavy atom. The van der Waals surface area contributed by atoms with Gasteiger partial charge in [0.2, 0.25) is 70.9 Å². The number of guanidine groups is 3. The molecule has 0 aliphatic carbocycles. The summed E-state index contributed by atoms with van der Waals surface area (Å²) >= 11 is 0. The average molecular weight is 1470 g/mol. The highest BCUT2D eigenvalue weighted by molar-refractivity contribution is 5.98. The largest absolute Gasteiger partial charge is 0.370 e.